The van der Waals surface area contributed by atoms with E-state index in [1.807, 2.05) is 24.3 Å². The van der Waals surface area contributed by atoms with Crippen molar-refractivity contribution in [2.45, 2.75) is 25.4 Å². The lowest BCUT2D eigenvalue weighted by molar-refractivity contribution is 0.173. The van der Waals surface area contributed by atoms with Crippen LogP contribution in [0.2, 0.25) is 0 Å². The van der Waals surface area contributed by atoms with Gasteiger partial charge in [0.1, 0.15) is 5.75 Å². The lowest BCUT2D eigenvalue weighted by atomic mass is 10.1. The van der Waals surface area contributed by atoms with Gasteiger partial charge < -0.3 is 19.9 Å². The topological polar surface area (TPSA) is 50.7 Å². The molecule has 1 heterocycles. The fraction of sp³-hybridized carbons (Fsp3) is 0.294. The molecular weight excluding hydrogens is 266 g/mol. The zero-order valence-corrected chi connectivity index (χ0v) is 11.6. The van der Waals surface area contributed by atoms with Crippen molar-refractivity contribution < 1.29 is 14.6 Å². The number of aromatic hydroxyl groups is 1. The first kappa shape index (κ1) is 12.5. The molecule has 2 aromatic carbocycles. The zero-order chi connectivity index (χ0) is 14.2. The van der Waals surface area contributed by atoms with Crippen LogP contribution in [0.15, 0.2) is 36.4 Å². The highest BCUT2D eigenvalue weighted by atomic mass is 16.7. The van der Waals surface area contributed by atoms with E-state index in [0.717, 1.165) is 36.4 Å². The van der Waals surface area contributed by atoms with Gasteiger partial charge in [-0.25, -0.2) is 0 Å². The number of benzene rings is 2. The highest BCUT2D eigenvalue weighted by Crippen LogP contribution is 2.37. The third-order valence-corrected chi connectivity index (χ3v) is 4.22. The number of para-hydroxylation sites is 1. The molecule has 4 heteroatoms. The van der Waals surface area contributed by atoms with Gasteiger partial charge in [-0.05, 0) is 42.2 Å². The molecule has 0 saturated carbocycles. The molecule has 1 atom stereocenters. The summed E-state index contributed by atoms with van der Waals surface area (Å²) in [5, 5.41) is 13.1. The lowest BCUT2D eigenvalue weighted by Crippen LogP contribution is -2.18. The summed E-state index contributed by atoms with van der Waals surface area (Å²) in [6.45, 7) is 1.05. The van der Waals surface area contributed by atoms with Gasteiger partial charge in [-0.15, -0.1) is 0 Å². The Hall–Kier alpha value is -2.20. The largest absolute Gasteiger partial charge is 0.508 e. The molecule has 0 spiro atoms. The van der Waals surface area contributed by atoms with Gasteiger partial charge in [0, 0.05) is 18.2 Å². The number of hydrogen-bond donors (Lipinski definition) is 2. The minimum atomic E-state index is 0.303. The van der Waals surface area contributed by atoms with Crippen LogP contribution in [0.5, 0.6) is 17.2 Å². The van der Waals surface area contributed by atoms with Crippen LogP contribution in [0.1, 0.15) is 29.2 Å². The summed E-state index contributed by atoms with van der Waals surface area (Å²) in [4.78, 5) is 0. The van der Waals surface area contributed by atoms with E-state index in [2.05, 4.69) is 11.4 Å². The molecular formula is C17H17NO3. The third kappa shape index (κ3) is 2.21. The maximum Gasteiger partial charge on any atom is 0.231 e. The first-order chi connectivity index (χ1) is 10.3. The van der Waals surface area contributed by atoms with Gasteiger partial charge in [0.2, 0.25) is 6.79 Å². The molecule has 4 rings (SSSR count). The molecule has 108 valence electrons. The van der Waals surface area contributed by atoms with Crippen LogP contribution < -0.4 is 14.8 Å². The van der Waals surface area contributed by atoms with Crippen molar-refractivity contribution in [3.63, 3.8) is 0 Å². The van der Waals surface area contributed by atoms with E-state index in [9.17, 15) is 5.11 Å². The summed E-state index contributed by atoms with van der Waals surface area (Å²) >= 11 is 0. The van der Waals surface area contributed by atoms with Gasteiger partial charge in [-0.1, -0.05) is 18.2 Å². The van der Waals surface area contributed by atoms with E-state index in [1.54, 1.807) is 6.07 Å². The molecule has 0 aromatic heterocycles. The van der Waals surface area contributed by atoms with Crippen LogP contribution >= 0.6 is 0 Å². The molecule has 1 aliphatic heterocycles. The Bertz CT molecular complexity index is 684. The zero-order valence-electron chi connectivity index (χ0n) is 11.6. The second-order valence-electron chi connectivity index (χ2n) is 5.51. The minimum Gasteiger partial charge on any atom is -0.508 e. The number of nitrogens with one attached hydrogen (secondary N) is 1. The minimum absolute atomic E-state index is 0.303. The van der Waals surface area contributed by atoms with E-state index in [4.69, 9.17) is 9.47 Å². The summed E-state index contributed by atoms with van der Waals surface area (Å²) in [6.07, 6.45) is 2.07. The molecule has 2 aliphatic rings. The fourth-order valence-electron chi connectivity index (χ4n) is 3.18. The molecule has 2 aromatic rings. The Morgan fingerprint density at radius 2 is 2.14 bits per heavy atom. The van der Waals surface area contributed by atoms with E-state index >= 15 is 0 Å². The van der Waals surface area contributed by atoms with Gasteiger partial charge in [0.25, 0.3) is 0 Å². The Balaban J connectivity index is 1.51. The quantitative estimate of drug-likeness (QED) is 0.909. The molecule has 1 unspecified atom stereocenters. The Morgan fingerprint density at radius 1 is 1.19 bits per heavy atom. The molecule has 0 radical (unpaired) electrons. The van der Waals surface area contributed by atoms with Crippen LogP contribution in [-0.2, 0) is 13.0 Å². The van der Waals surface area contributed by atoms with Crippen molar-refractivity contribution in [1.29, 1.82) is 0 Å². The van der Waals surface area contributed by atoms with Crippen LogP contribution in [0.25, 0.3) is 0 Å². The van der Waals surface area contributed by atoms with Crippen LogP contribution in [0, 0.1) is 0 Å². The van der Waals surface area contributed by atoms with E-state index < -0.39 is 0 Å². The Kier molecular flexibility index (Phi) is 2.97. The third-order valence-electron chi connectivity index (χ3n) is 4.22. The maximum atomic E-state index is 9.55. The molecule has 2 N–H and O–H groups in total. The van der Waals surface area contributed by atoms with Gasteiger partial charge >= 0.3 is 0 Å². The summed E-state index contributed by atoms with van der Waals surface area (Å²) in [7, 11) is 0. The molecule has 0 saturated heterocycles. The average molecular weight is 283 g/mol. The standard InChI is InChI=1S/C17H17NO3/c19-13-5-6-14-11(8-13)4-7-15(14)18-9-12-2-1-3-16-17(12)21-10-20-16/h1-3,5-6,8,15,18-19H,4,7,9-10H2. The van der Waals surface area contributed by atoms with Crippen molar-refractivity contribution >= 4 is 0 Å². The number of fused-ring (bicyclic) bond motifs is 2. The maximum absolute atomic E-state index is 9.55. The summed E-state index contributed by atoms with van der Waals surface area (Å²) in [5.41, 5.74) is 3.65. The van der Waals surface area contributed by atoms with E-state index in [-0.39, 0.29) is 0 Å². The first-order valence-electron chi connectivity index (χ1n) is 7.24. The van der Waals surface area contributed by atoms with Crippen molar-refractivity contribution in [3.05, 3.63) is 53.1 Å². The predicted octanol–water partition coefficient (Wildman–Crippen LogP) is 2.90. The van der Waals surface area contributed by atoms with Gasteiger partial charge in [-0.3, -0.25) is 0 Å². The molecule has 0 amide bonds. The smallest absolute Gasteiger partial charge is 0.231 e. The summed E-state index contributed by atoms with van der Waals surface area (Å²) in [6, 6.07) is 12.0. The molecule has 1 aliphatic carbocycles. The second kappa shape index (κ2) is 4.97. The van der Waals surface area contributed by atoms with Crippen molar-refractivity contribution in [1.82, 2.24) is 5.32 Å². The van der Waals surface area contributed by atoms with Crippen LogP contribution in [0.4, 0.5) is 0 Å². The Labute approximate surface area is 123 Å². The number of aryl methyl sites for hydroxylation is 1. The second-order valence-corrected chi connectivity index (χ2v) is 5.51. The number of phenols is 1. The highest BCUT2D eigenvalue weighted by Gasteiger charge is 2.23. The highest BCUT2D eigenvalue weighted by molar-refractivity contribution is 5.48. The van der Waals surface area contributed by atoms with Gasteiger partial charge in [0.05, 0.1) is 0 Å². The number of hydrogen-bond acceptors (Lipinski definition) is 4. The summed E-state index contributed by atoms with van der Waals surface area (Å²) < 4.78 is 10.9. The molecule has 21 heavy (non-hydrogen) atoms. The predicted molar refractivity (Wildman–Crippen MR) is 78.6 cm³/mol. The average Bonchev–Trinajstić information content (AvgIpc) is 3.11. The number of rotatable bonds is 3. The van der Waals surface area contributed by atoms with Crippen LogP contribution in [0.3, 0.4) is 0 Å². The molecule has 0 bridgehead atoms. The van der Waals surface area contributed by atoms with E-state index in [1.165, 1.54) is 11.1 Å². The monoisotopic (exact) mass is 283 g/mol. The van der Waals surface area contributed by atoms with Crippen molar-refractivity contribution in [3.8, 4) is 17.2 Å². The first-order valence-corrected chi connectivity index (χ1v) is 7.24. The normalized spacial score (nSPS) is 18.8. The summed E-state index contributed by atoms with van der Waals surface area (Å²) in [5.74, 6) is 2.03. The van der Waals surface area contributed by atoms with Gasteiger partial charge in [-0.2, -0.15) is 0 Å². The van der Waals surface area contributed by atoms with Crippen molar-refractivity contribution in [2.75, 3.05) is 6.79 Å². The molecule has 4 nitrogen and oxygen atoms in total. The SMILES string of the molecule is Oc1ccc2c(c1)CCC2NCc1cccc2c1OCO2. The lowest BCUT2D eigenvalue weighted by Gasteiger charge is -2.15. The van der Waals surface area contributed by atoms with Crippen LogP contribution in [-0.4, -0.2) is 11.9 Å². The van der Waals surface area contributed by atoms with E-state index in [0.29, 0.717) is 18.6 Å². The molecule has 0 fully saturated rings. The van der Waals surface area contributed by atoms with Crippen molar-refractivity contribution in [2.24, 2.45) is 0 Å². The number of phenolic OH excluding ortho intramolecular Hbond substituents is 1. The number of ether oxygens (including phenoxy) is 2. The Morgan fingerprint density at radius 3 is 3.10 bits per heavy atom. The van der Waals surface area contributed by atoms with Gasteiger partial charge in [0.15, 0.2) is 11.5 Å². The fourth-order valence-corrected chi connectivity index (χ4v) is 3.18.